The van der Waals surface area contributed by atoms with Crippen LogP contribution in [0.4, 0.5) is 0 Å². The van der Waals surface area contributed by atoms with Gasteiger partial charge in [-0.25, -0.2) is 0 Å². The molecule has 1 nitrogen and oxygen atoms in total. The molecule has 0 fully saturated rings. The van der Waals surface area contributed by atoms with Gasteiger partial charge in [0.1, 0.15) is 0 Å². The lowest BCUT2D eigenvalue weighted by Crippen LogP contribution is -2.35. The Morgan fingerprint density at radius 3 is 2.76 bits per heavy atom. The van der Waals surface area contributed by atoms with Crippen molar-refractivity contribution >= 4 is 0 Å². The number of aryl methyl sites for hydroxylation is 2. The van der Waals surface area contributed by atoms with Crippen molar-refractivity contribution in [2.24, 2.45) is 0 Å². The van der Waals surface area contributed by atoms with Gasteiger partial charge in [-0.1, -0.05) is 42.0 Å². The Morgan fingerprint density at radius 1 is 1.29 bits per heavy atom. The van der Waals surface area contributed by atoms with Crippen LogP contribution in [0.25, 0.3) is 0 Å². The Kier molecular flexibility index (Phi) is 4.38. The normalized spacial score (nSPS) is 17.5. The Morgan fingerprint density at radius 2 is 2.06 bits per heavy atom. The van der Waals surface area contributed by atoms with Crippen molar-refractivity contribution in [3.05, 3.63) is 47.5 Å². The molecule has 0 aliphatic heterocycles. The number of hydrogen-bond acceptors (Lipinski definition) is 1. The topological polar surface area (TPSA) is 12.0 Å². The lowest BCUT2D eigenvalue weighted by Gasteiger charge is -2.19. The molecule has 0 saturated heterocycles. The zero-order chi connectivity index (χ0) is 12.1. The van der Waals surface area contributed by atoms with Crippen molar-refractivity contribution < 1.29 is 0 Å². The third-order valence-electron chi connectivity index (χ3n) is 3.48. The fraction of sp³-hybridized carbons (Fsp3) is 0.500. The average Bonchev–Trinajstić information content (AvgIpc) is 2.79. The maximum Gasteiger partial charge on any atom is 0.0138 e. The maximum atomic E-state index is 3.70. The van der Waals surface area contributed by atoms with E-state index in [-0.39, 0.29) is 0 Å². The van der Waals surface area contributed by atoms with Gasteiger partial charge in [-0.15, -0.1) is 0 Å². The van der Waals surface area contributed by atoms with Crippen LogP contribution in [0, 0.1) is 6.92 Å². The summed E-state index contributed by atoms with van der Waals surface area (Å²) in [6.45, 7) is 4.46. The zero-order valence-electron chi connectivity index (χ0n) is 10.9. The Bertz CT molecular complexity index is 373. The summed E-state index contributed by atoms with van der Waals surface area (Å²) in [5.74, 6) is 0. The highest BCUT2D eigenvalue weighted by Crippen LogP contribution is 2.12. The van der Waals surface area contributed by atoms with Crippen molar-refractivity contribution in [3.8, 4) is 0 Å². The third kappa shape index (κ3) is 4.01. The van der Waals surface area contributed by atoms with E-state index in [0.717, 1.165) is 0 Å². The Labute approximate surface area is 105 Å². The SMILES string of the molecule is Cc1cccc(CCC(C)NC2CC=CC2)c1. The largest absolute Gasteiger partial charge is 0.311 e. The van der Waals surface area contributed by atoms with E-state index < -0.39 is 0 Å². The molecule has 1 aromatic carbocycles. The first kappa shape index (κ1) is 12.4. The van der Waals surface area contributed by atoms with E-state index in [0.29, 0.717) is 12.1 Å². The molecule has 1 aliphatic carbocycles. The summed E-state index contributed by atoms with van der Waals surface area (Å²) in [4.78, 5) is 0. The first-order valence-corrected chi connectivity index (χ1v) is 6.70. The standard InChI is InChI=1S/C16H23N/c1-13-6-5-7-15(12-13)11-10-14(2)17-16-8-3-4-9-16/h3-7,12,14,16-17H,8-11H2,1-2H3. The van der Waals surface area contributed by atoms with Crippen LogP contribution >= 0.6 is 0 Å². The lowest BCUT2D eigenvalue weighted by molar-refractivity contribution is 0.439. The van der Waals surface area contributed by atoms with Crippen molar-refractivity contribution in [1.29, 1.82) is 0 Å². The number of rotatable bonds is 5. The second kappa shape index (κ2) is 6.02. The smallest absolute Gasteiger partial charge is 0.0138 e. The predicted molar refractivity (Wildman–Crippen MR) is 74.3 cm³/mol. The van der Waals surface area contributed by atoms with Crippen LogP contribution in [0.1, 0.15) is 37.3 Å². The van der Waals surface area contributed by atoms with Crippen LogP contribution in [0.2, 0.25) is 0 Å². The van der Waals surface area contributed by atoms with Crippen LogP contribution < -0.4 is 5.32 Å². The van der Waals surface area contributed by atoms with Crippen LogP contribution in [0.5, 0.6) is 0 Å². The van der Waals surface area contributed by atoms with E-state index in [4.69, 9.17) is 0 Å². The molecule has 1 N–H and O–H groups in total. The van der Waals surface area contributed by atoms with Gasteiger partial charge in [0, 0.05) is 12.1 Å². The van der Waals surface area contributed by atoms with E-state index in [9.17, 15) is 0 Å². The molecular formula is C16H23N. The van der Waals surface area contributed by atoms with Crippen molar-refractivity contribution in [2.75, 3.05) is 0 Å². The predicted octanol–water partition coefficient (Wildman–Crippen LogP) is 3.62. The zero-order valence-corrected chi connectivity index (χ0v) is 10.9. The number of nitrogens with one attached hydrogen (secondary N) is 1. The summed E-state index contributed by atoms with van der Waals surface area (Å²) in [5.41, 5.74) is 2.83. The van der Waals surface area contributed by atoms with E-state index in [1.54, 1.807) is 0 Å². The molecule has 17 heavy (non-hydrogen) atoms. The first-order chi connectivity index (χ1) is 8.24. The minimum atomic E-state index is 0.611. The summed E-state index contributed by atoms with van der Waals surface area (Å²) >= 11 is 0. The highest BCUT2D eigenvalue weighted by Gasteiger charge is 2.12. The van der Waals surface area contributed by atoms with Gasteiger partial charge in [-0.2, -0.15) is 0 Å². The summed E-state index contributed by atoms with van der Waals surface area (Å²) in [7, 11) is 0. The van der Waals surface area contributed by atoms with Crippen LogP contribution in [-0.2, 0) is 6.42 Å². The molecule has 0 amide bonds. The van der Waals surface area contributed by atoms with Crippen molar-refractivity contribution in [1.82, 2.24) is 5.32 Å². The van der Waals surface area contributed by atoms with Crippen molar-refractivity contribution in [2.45, 2.75) is 51.6 Å². The van der Waals surface area contributed by atoms with Gasteiger partial charge >= 0.3 is 0 Å². The number of hydrogen-bond donors (Lipinski definition) is 1. The summed E-state index contributed by atoms with van der Waals surface area (Å²) < 4.78 is 0. The fourth-order valence-corrected chi connectivity index (χ4v) is 2.49. The Hall–Kier alpha value is -1.08. The highest BCUT2D eigenvalue weighted by molar-refractivity contribution is 5.22. The fourth-order valence-electron chi connectivity index (χ4n) is 2.49. The molecule has 1 atom stereocenters. The maximum absolute atomic E-state index is 3.70. The molecule has 0 aromatic heterocycles. The second-order valence-electron chi connectivity index (χ2n) is 5.24. The van der Waals surface area contributed by atoms with E-state index >= 15 is 0 Å². The summed E-state index contributed by atoms with van der Waals surface area (Å²) in [6, 6.07) is 10.1. The average molecular weight is 229 g/mol. The third-order valence-corrected chi connectivity index (χ3v) is 3.48. The van der Waals surface area contributed by atoms with Gasteiger partial charge in [0.15, 0.2) is 0 Å². The highest BCUT2D eigenvalue weighted by atomic mass is 14.9. The molecule has 0 heterocycles. The minimum Gasteiger partial charge on any atom is -0.311 e. The molecule has 1 unspecified atom stereocenters. The quantitative estimate of drug-likeness (QED) is 0.760. The minimum absolute atomic E-state index is 0.611. The molecule has 1 aliphatic rings. The van der Waals surface area contributed by atoms with Gasteiger partial charge in [0.05, 0.1) is 0 Å². The first-order valence-electron chi connectivity index (χ1n) is 6.70. The summed E-state index contributed by atoms with van der Waals surface area (Å²) in [5, 5.41) is 3.70. The van der Waals surface area contributed by atoms with E-state index in [2.05, 4.69) is 55.6 Å². The molecule has 2 rings (SSSR count). The van der Waals surface area contributed by atoms with Gasteiger partial charge < -0.3 is 5.32 Å². The van der Waals surface area contributed by atoms with Crippen molar-refractivity contribution in [3.63, 3.8) is 0 Å². The number of benzene rings is 1. The molecule has 1 aromatic rings. The van der Waals surface area contributed by atoms with Gasteiger partial charge in [0.2, 0.25) is 0 Å². The molecule has 0 saturated carbocycles. The van der Waals surface area contributed by atoms with Crippen LogP contribution in [0.3, 0.4) is 0 Å². The molecule has 0 bridgehead atoms. The van der Waals surface area contributed by atoms with E-state index in [1.807, 2.05) is 0 Å². The Balaban J connectivity index is 1.73. The van der Waals surface area contributed by atoms with E-state index in [1.165, 1.54) is 36.8 Å². The molecule has 0 spiro atoms. The van der Waals surface area contributed by atoms with Gasteiger partial charge in [-0.3, -0.25) is 0 Å². The lowest BCUT2D eigenvalue weighted by atomic mass is 10.0. The second-order valence-corrected chi connectivity index (χ2v) is 5.24. The van der Waals surface area contributed by atoms with Crippen LogP contribution in [0.15, 0.2) is 36.4 Å². The van der Waals surface area contributed by atoms with Crippen LogP contribution in [-0.4, -0.2) is 12.1 Å². The molecular weight excluding hydrogens is 206 g/mol. The molecule has 0 radical (unpaired) electrons. The van der Waals surface area contributed by atoms with Gasteiger partial charge in [-0.05, 0) is 45.1 Å². The summed E-state index contributed by atoms with van der Waals surface area (Å²) in [6.07, 6.45) is 9.37. The van der Waals surface area contributed by atoms with Gasteiger partial charge in [0.25, 0.3) is 0 Å². The monoisotopic (exact) mass is 229 g/mol. The molecule has 1 heteroatoms. The molecule has 92 valence electrons.